The summed E-state index contributed by atoms with van der Waals surface area (Å²) in [5, 5.41) is 12.4. The minimum Gasteiger partial charge on any atom is -0.480 e. The molecule has 0 aromatic carbocycles. The fourth-order valence-corrected chi connectivity index (χ4v) is 2.56. The van der Waals surface area contributed by atoms with Crippen molar-refractivity contribution < 1.29 is 9.90 Å². The molecule has 3 rings (SSSR count). The molecule has 80 valence electrons. The van der Waals surface area contributed by atoms with Crippen molar-refractivity contribution in [1.29, 1.82) is 0 Å². The summed E-state index contributed by atoms with van der Waals surface area (Å²) >= 11 is 0. The van der Waals surface area contributed by atoms with Gasteiger partial charge in [-0.15, -0.1) is 0 Å². The molecule has 5 nitrogen and oxygen atoms in total. The summed E-state index contributed by atoms with van der Waals surface area (Å²) in [6, 6.07) is -0.398. The molecule has 15 heavy (non-hydrogen) atoms. The average molecular weight is 207 g/mol. The third-order valence-corrected chi connectivity index (χ3v) is 3.23. The molecule has 0 radical (unpaired) electrons. The number of carboxylic acids is 1. The number of imidazole rings is 1. The Kier molecular flexibility index (Phi) is 1.82. The molecule has 2 N–H and O–H groups in total. The van der Waals surface area contributed by atoms with E-state index in [0.717, 1.165) is 49.6 Å². The molecule has 1 unspecified atom stereocenters. The van der Waals surface area contributed by atoms with Crippen molar-refractivity contribution in [1.82, 2.24) is 14.9 Å². The van der Waals surface area contributed by atoms with Gasteiger partial charge in [-0.05, 0) is 12.8 Å². The van der Waals surface area contributed by atoms with E-state index < -0.39 is 12.0 Å². The molecule has 0 saturated carbocycles. The Hall–Kier alpha value is -1.36. The van der Waals surface area contributed by atoms with Gasteiger partial charge in [0.05, 0.1) is 11.4 Å². The molecule has 1 aromatic heterocycles. The van der Waals surface area contributed by atoms with E-state index in [0.29, 0.717) is 0 Å². The Labute approximate surface area is 87.1 Å². The van der Waals surface area contributed by atoms with Crippen molar-refractivity contribution >= 4 is 5.97 Å². The van der Waals surface area contributed by atoms with Gasteiger partial charge in [0.25, 0.3) is 0 Å². The molecule has 0 amide bonds. The van der Waals surface area contributed by atoms with Crippen LogP contribution in [0.15, 0.2) is 0 Å². The first-order valence-corrected chi connectivity index (χ1v) is 5.30. The minimum atomic E-state index is -0.733. The smallest absolute Gasteiger partial charge is 0.326 e. The number of aliphatic carboxylic acids is 1. The molecule has 0 saturated heterocycles. The Balaban J connectivity index is 2.12. The molecular weight excluding hydrogens is 194 g/mol. The van der Waals surface area contributed by atoms with Gasteiger partial charge in [0.2, 0.25) is 0 Å². The SMILES string of the molecule is O=C(O)C1CCCc2nc3c(n21)CNC3. The summed E-state index contributed by atoms with van der Waals surface area (Å²) in [6.07, 6.45) is 2.57. The summed E-state index contributed by atoms with van der Waals surface area (Å²) in [5.74, 6) is 0.225. The van der Waals surface area contributed by atoms with E-state index in [-0.39, 0.29) is 0 Å². The fourth-order valence-electron chi connectivity index (χ4n) is 2.56. The molecule has 0 spiro atoms. The number of carboxylic acid groups (broad SMARTS) is 1. The van der Waals surface area contributed by atoms with E-state index in [9.17, 15) is 4.79 Å². The Morgan fingerprint density at radius 1 is 1.53 bits per heavy atom. The summed E-state index contributed by atoms with van der Waals surface area (Å²) in [7, 11) is 0. The highest BCUT2D eigenvalue weighted by molar-refractivity contribution is 5.72. The van der Waals surface area contributed by atoms with Crippen molar-refractivity contribution in [3.05, 3.63) is 17.2 Å². The second kappa shape index (κ2) is 3.06. The molecule has 5 heteroatoms. The summed E-state index contributed by atoms with van der Waals surface area (Å²) in [6.45, 7) is 1.54. The number of nitrogens with one attached hydrogen (secondary N) is 1. The first kappa shape index (κ1) is 8.91. The van der Waals surface area contributed by atoms with Gasteiger partial charge in [-0.25, -0.2) is 9.78 Å². The van der Waals surface area contributed by atoms with E-state index in [4.69, 9.17) is 5.11 Å². The summed E-state index contributed by atoms with van der Waals surface area (Å²) < 4.78 is 1.93. The van der Waals surface area contributed by atoms with Crippen LogP contribution in [0.1, 0.15) is 36.1 Å². The van der Waals surface area contributed by atoms with Crippen LogP contribution < -0.4 is 5.32 Å². The second-order valence-electron chi connectivity index (χ2n) is 4.14. The van der Waals surface area contributed by atoms with Crippen LogP contribution in [0.25, 0.3) is 0 Å². The van der Waals surface area contributed by atoms with Gasteiger partial charge in [0.1, 0.15) is 11.9 Å². The van der Waals surface area contributed by atoms with E-state index in [1.807, 2.05) is 4.57 Å². The van der Waals surface area contributed by atoms with Gasteiger partial charge in [-0.3, -0.25) is 0 Å². The zero-order valence-electron chi connectivity index (χ0n) is 8.36. The first-order valence-electron chi connectivity index (χ1n) is 5.30. The van der Waals surface area contributed by atoms with Gasteiger partial charge >= 0.3 is 5.97 Å². The number of aromatic nitrogens is 2. The van der Waals surface area contributed by atoms with Crippen LogP contribution in [0.5, 0.6) is 0 Å². The summed E-state index contributed by atoms with van der Waals surface area (Å²) in [5.41, 5.74) is 2.12. The monoisotopic (exact) mass is 207 g/mol. The van der Waals surface area contributed by atoms with Crippen LogP contribution in [0.3, 0.4) is 0 Å². The van der Waals surface area contributed by atoms with Crippen LogP contribution >= 0.6 is 0 Å². The largest absolute Gasteiger partial charge is 0.480 e. The van der Waals surface area contributed by atoms with Gasteiger partial charge in [-0.1, -0.05) is 0 Å². The van der Waals surface area contributed by atoms with E-state index in [2.05, 4.69) is 10.3 Å². The maximum absolute atomic E-state index is 11.1. The normalized spacial score (nSPS) is 23.6. The maximum atomic E-state index is 11.1. The third-order valence-electron chi connectivity index (χ3n) is 3.23. The predicted molar refractivity (Wildman–Crippen MR) is 52.4 cm³/mol. The van der Waals surface area contributed by atoms with Crippen molar-refractivity contribution in [2.24, 2.45) is 0 Å². The van der Waals surface area contributed by atoms with Crippen LogP contribution in [-0.2, 0) is 24.3 Å². The predicted octanol–water partition coefficient (Wildman–Crippen LogP) is 0.448. The quantitative estimate of drug-likeness (QED) is 0.701. The lowest BCUT2D eigenvalue weighted by Gasteiger charge is -2.23. The van der Waals surface area contributed by atoms with Gasteiger partial charge in [0.15, 0.2) is 0 Å². The molecule has 2 aliphatic rings. The number of rotatable bonds is 1. The maximum Gasteiger partial charge on any atom is 0.326 e. The lowest BCUT2D eigenvalue weighted by molar-refractivity contribution is -0.141. The van der Waals surface area contributed by atoms with E-state index in [1.54, 1.807) is 0 Å². The Morgan fingerprint density at radius 2 is 2.40 bits per heavy atom. The van der Waals surface area contributed by atoms with Crippen molar-refractivity contribution in [2.75, 3.05) is 0 Å². The second-order valence-corrected chi connectivity index (χ2v) is 4.14. The number of fused-ring (bicyclic) bond motifs is 3. The zero-order chi connectivity index (χ0) is 10.4. The Morgan fingerprint density at radius 3 is 3.20 bits per heavy atom. The highest BCUT2D eigenvalue weighted by atomic mass is 16.4. The van der Waals surface area contributed by atoms with Crippen LogP contribution in [0.4, 0.5) is 0 Å². The lowest BCUT2D eigenvalue weighted by Crippen LogP contribution is -2.27. The highest BCUT2D eigenvalue weighted by Gasteiger charge is 2.32. The molecular formula is C10H13N3O2. The molecule has 0 aliphatic carbocycles. The number of hydrogen-bond donors (Lipinski definition) is 2. The first-order chi connectivity index (χ1) is 7.27. The Bertz CT molecular complexity index is 425. The molecule has 1 atom stereocenters. The van der Waals surface area contributed by atoms with Crippen molar-refractivity contribution in [3.63, 3.8) is 0 Å². The number of hydrogen-bond acceptors (Lipinski definition) is 3. The van der Waals surface area contributed by atoms with E-state index in [1.165, 1.54) is 0 Å². The van der Waals surface area contributed by atoms with Crippen LogP contribution in [0, 0.1) is 0 Å². The molecule has 0 fully saturated rings. The van der Waals surface area contributed by atoms with Gasteiger partial charge in [-0.2, -0.15) is 0 Å². The number of carbonyl (C=O) groups is 1. The fraction of sp³-hybridized carbons (Fsp3) is 0.600. The van der Waals surface area contributed by atoms with Gasteiger partial charge in [0, 0.05) is 19.5 Å². The highest BCUT2D eigenvalue weighted by Crippen LogP contribution is 2.30. The zero-order valence-corrected chi connectivity index (χ0v) is 8.36. The van der Waals surface area contributed by atoms with Crippen LogP contribution in [0.2, 0.25) is 0 Å². The average Bonchev–Trinajstić information content (AvgIpc) is 2.75. The standard InChI is InChI=1S/C10H13N3O2/c14-10(15)7-2-1-3-9-12-6-4-11-5-8(6)13(7)9/h7,11H,1-5H2,(H,14,15). The number of aryl methyl sites for hydroxylation is 1. The molecule has 1 aromatic rings. The number of nitrogens with zero attached hydrogens (tertiary/aromatic N) is 2. The van der Waals surface area contributed by atoms with E-state index >= 15 is 0 Å². The minimum absolute atomic E-state index is 0.398. The molecule has 2 aliphatic heterocycles. The van der Waals surface area contributed by atoms with Crippen molar-refractivity contribution in [3.8, 4) is 0 Å². The van der Waals surface area contributed by atoms with Gasteiger partial charge < -0.3 is 15.0 Å². The lowest BCUT2D eigenvalue weighted by atomic mass is 10.0. The van der Waals surface area contributed by atoms with Crippen molar-refractivity contribution in [2.45, 2.75) is 38.4 Å². The molecule has 3 heterocycles. The molecule has 0 bridgehead atoms. The van der Waals surface area contributed by atoms with Crippen LogP contribution in [-0.4, -0.2) is 20.6 Å². The third kappa shape index (κ3) is 1.19. The topological polar surface area (TPSA) is 67.1 Å². The summed E-state index contributed by atoms with van der Waals surface area (Å²) in [4.78, 5) is 15.6.